The summed E-state index contributed by atoms with van der Waals surface area (Å²) in [6.07, 6.45) is 6.02. The lowest BCUT2D eigenvalue weighted by Crippen LogP contribution is -2.51. The van der Waals surface area contributed by atoms with E-state index in [0.717, 1.165) is 38.6 Å². The molecule has 5 fully saturated rings. The number of hydrogen-bond acceptors (Lipinski definition) is 9. The summed E-state index contributed by atoms with van der Waals surface area (Å²) in [5, 5.41) is 16.3. The van der Waals surface area contributed by atoms with Crippen molar-refractivity contribution in [2.45, 2.75) is 81.2 Å². The zero-order valence-electron chi connectivity index (χ0n) is 27.0. The quantitative estimate of drug-likeness (QED) is 0.215. The third kappa shape index (κ3) is 5.50. The van der Waals surface area contributed by atoms with Crippen molar-refractivity contribution in [3.63, 3.8) is 0 Å². The van der Waals surface area contributed by atoms with E-state index in [9.17, 15) is 18.3 Å². The van der Waals surface area contributed by atoms with Gasteiger partial charge in [-0.1, -0.05) is 30.2 Å². The lowest BCUT2D eigenvalue weighted by Gasteiger charge is -2.35. The highest BCUT2D eigenvalue weighted by molar-refractivity contribution is 6.36. The Morgan fingerprint density at radius 2 is 1.88 bits per heavy atom. The predicted molar refractivity (Wildman–Crippen MR) is 181 cm³/mol. The van der Waals surface area contributed by atoms with E-state index in [0.29, 0.717) is 64.2 Å². The van der Waals surface area contributed by atoms with Gasteiger partial charge in [-0.15, -0.1) is 0 Å². The summed E-state index contributed by atoms with van der Waals surface area (Å²) in [6.45, 7) is 1.30. The molecule has 2 N–H and O–H groups in total. The van der Waals surface area contributed by atoms with Gasteiger partial charge in [-0.2, -0.15) is 23.1 Å². The molecule has 0 spiro atoms. The number of ether oxygens (including phenoxy) is 2. The number of piperazine rings is 1. The van der Waals surface area contributed by atoms with Crippen molar-refractivity contribution in [1.29, 1.82) is 0 Å². The first-order chi connectivity index (χ1) is 23.6. The zero-order chi connectivity index (χ0) is 33.5. The predicted octanol–water partition coefficient (Wildman–Crippen LogP) is 6.87. The maximum absolute atomic E-state index is 13.8. The van der Waals surface area contributed by atoms with E-state index >= 15 is 0 Å². The van der Waals surface area contributed by atoms with Crippen LogP contribution in [-0.2, 0) is 0 Å². The summed E-state index contributed by atoms with van der Waals surface area (Å²) in [4.78, 5) is 19.3. The molecule has 2 aromatic carbocycles. The summed E-state index contributed by atoms with van der Waals surface area (Å²) < 4.78 is 53.7. The highest BCUT2D eigenvalue weighted by Gasteiger charge is 2.55. The van der Waals surface area contributed by atoms with Gasteiger partial charge in [0.1, 0.15) is 29.4 Å². The van der Waals surface area contributed by atoms with Crippen LogP contribution in [0.2, 0.25) is 5.02 Å². The number of pyridine rings is 1. The summed E-state index contributed by atoms with van der Waals surface area (Å²) >= 11 is 6.66. The van der Waals surface area contributed by atoms with Gasteiger partial charge in [-0.05, 0) is 81.0 Å². The van der Waals surface area contributed by atoms with E-state index < -0.39 is 12.8 Å². The topological polar surface area (TPSA) is 95.9 Å². The van der Waals surface area contributed by atoms with Crippen LogP contribution in [0.4, 0.5) is 19.0 Å². The number of halogens is 4. The van der Waals surface area contributed by atoms with Gasteiger partial charge >= 0.3 is 12.2 Å². The first-order valence-electron chi connectivity index (χ1n) is 17.4. The largest absolute Gasteiger partial charge is 0.508 e. The van der Waals surface area contributed by atoms with Crippen molar-refractivity contribution in [3.05, 3.63) is 41.6 Å². The van der Waals surface area contributed by atoms with E-state index in [1.54, 1.807) is 30.5 Å². The number of aromatic nitrogens is 3. The fourth-order valence-corrected chi connectivity index (χ4v) is 9.89. The second-order valence-corrected chi connectivity index (χ2v) is 15.0. The van der Waals surface area contributed by atoms with Crippen molar-refractivity contribution < 1.29 is 27.8 Å². The van der Waals surface area contributed by atoms with E-state index in [2.05, 4.69) is 15.1 Å². The maximum Gasteiger partial charge on any atom is 0.422 e. The van der Waals surface area contributed by atoms with Gasteiger partial charge < -0.3 is 24.8 Å². The number of alkyl halides is 3. The standard InChI is InChI=1S/C36H38ClF3N6O3/c37-27-6-1-4-20-12-24(47)13-25(29(20)27)30-32(48-19-36(38,39)40)31-26(15-41-30)33(45-16-22-8-9-23(17-45)42-22)44-34(43-31)49-18-35-10-3-11-46(35)28-7-2-5-21(28)14-35/h1,4,6,12-13,15,21-23,28,42,47H,2-3,5,7-11,14,16-19H2. The van der Waals surface area contributed by atoms with Gasteiger partial charge in [-0.25, -0.2) is 0 Å². The molecule has 0 amide bonds. The Kier molecular flexibility index (Phi) is 7.51. The maximum atomic E-state index is 13.8. The van der Waals surface area contributed by atoms with Gasteiger partial charge in [0.25, 0.3) is 0 Å². The minimum Gasteiger partial charge on any atom is -0.508 e. The summed E-state index contributed by atoms with van der Waals surface area (Å²) in [7, 11) is 0. The number of phenolic OH excluding ortho intramolecular Hbond substituents is 1. The minimum atomic E-state index is -4.63. The minimum absolute atomic E-state index is 0.0844. The highest BCUT2D eigenvalue weighted by atomic mass is 35.5. The number of fused-ring (bicyclic) bond motifs is 7. The van der Waals surface area contributed by atoms with Crippen molar-refractivity contribution in [2.24, 2.45) is 5.92 Å². The average Bonchev–Trinajstić information content (AvgIpc) is 3.83. The van der Waals surface area contributed by atoms with Crippen molar-refractivity contribution >= 4 is 39.1 Å². The Balaban J connectivity index is 1.20. The van der Waals surface area contributed by atoms with Crippen LogP contribution in [0.25, 0.3) is 32.9 Å². The molecule has 2 bridgehead atoms. The number of phenols is 1. The molecule has 1 saturated carbocycles. The SMILES string of the molecule is Oc1cc(-c2ncc3c(N4CC5CCC(C4)N5)nc(OCC45CCCN4C4CCCC4C5)nc3c2OCC(F)(F)F)c2c(Cl)cccc2c1. The van der Waals surface area contributed by atoms with Crippen molar-refractivity contribution in [1.82, 2.24) is 25.2 Å². The Morgan fingerprint density at radius 1 is 1.04 bits per heavy atom. The number of hydrogen-bond donors (Lipinski definition) is 2. The second-order valence-electron chi connectivity index (χ2n) is 14.6. The lowest BCUT2D eigenvalue weighted by atomic mass is 9.90. The molecular weight excluding hydrogens is 657 g/mol. The van der Waals surface area contributed by atoms with Crippen LogP contribution in [-0.4, -0.2) is 87.6 Å². The molecule has 4 aliphatic heterocycles. The molecule has 13 heteroatoms. The molecule has 9 rings (SSSR count). The van der Waals surface area contributed by atoms with Gasteiger partial charge in [-0.3, -0.25) is 9.88 Å². The first-order valence-corrected chi connectivity index (χ1v) is 17.7. The number of rotatable bonds is 7. The van der Waals surface area contributed by atoms with Crippen LogP contribution >= 0.6 is 11.6 Å². The Labute approximate surface area is 286 Å². The van der Waals surface area contributed by atoms with Crippen LogP contribution in [0.3, 0.4) is 0 Å². The molecule has 5 aliphatic rings. The van der Waals surface area contributed by atoms with E-state index in [4.69, 9.17) is 36.0 Å². The molecule has 49 heavy (non-hydrogen) atoms. The number of benzene rings is 2. The Hall–Kier alpha value is -3.61. The van der Waals surface area contributed by atoms with Gasteiger partial charge in [0, 0.05) is 53.4 Å². The molecule has 1 aliphatic carbocycles. The van der Waals surface area contributed by atoms with Crippen LogP contribution < -0.4 is 19.7 Å². The molecule has 6 heterocycles. The zero-order valence-corrected chi connectivity index (χ0v) is 27.7. The molecular formula is C36H38ClF3N6O3. The van der Waals surface area contributed by atoms with E-state index in [1.165, 1.54) is 25.3 Å². The summed E-state index contributed by atoms with van der Waals surface area (Å²) in [5.74, 6) is 0.994. The second kappa shape index (κ2) is 11.7. The number of aromatic hydroxyl groups is 1. The fourth-order valence-electron chi connectivity index (χ4n) is 9.60. The molecule has 5 unspecified atom stereocenters. The summed E-state index contributed by atoms with van der Waals surface area (Å²) in [5.41, 5.74) is 0.512. The van der Waals surface area contributed by atoms with Crippen molar-refractivity contribution in [2.75, 3.05) is 37.7 Å². The van der Waals surface area contributed by atoms with Crippen LogP contribution in [0.1, 0.15) is 51.4 Å². The smallest absolute Gasteiger partial charge is 0.422 e. The number of nitrogens with one attached hydrogen (secondary N) is 1. The lowest BCUT2D eigenvalue weighted by molar-refractivity contribution is -0.153. The molecule has 4 aromatic rings. The van der Waals surface area contributed by atoms with Crippen LogP contribution in [0.5, 0.6) is 17.5 Å². The number of anilines is 1. The van der Waals surface area contributed by atoms with Gasteiger partial charge in [0.05, 0.1) is 10.9 Å². The Bertz CT molecular complexity index is 1930. The molecule has 258 valence electrons. The van der Waals surface area contributed by atoms with Crippen LogP contribution in [0, 0.1) is 5.92 Å². The average molecular weight is 695 g/mol. The first kappa shape index (κ1) is 31.4. The van der Waals surface area contributed by atoms with Crippen molar-refractivity contribution in [3.8, 4) is 28.8 Å². The molecule has 2 aromatic heterocycles. The monoisotopic (exact) mass is 694 g/mol. The molecule has 0 radical (unpaired) electrons. The van der Waals surface area contributed by atoms with Gasteiger partial charge in [0.2, 0.25) is 0 Å². The Morgan fingerprint density at radius 3 is 2.69 bits per heavy atom. The summed E-state index contributed by atoms with van der Waals surface area (Å²) in [6, 6.07) is 9.48. The highest BCUT2D eigenvalue weighted by Crippen LogP contribution is 2.51. The third-order valence-electron chi connectivity index (χ3n) is 11.5. The van der Waals surface area contributed by atoms with Crippen LogP contribution in [0.15, 0.2) is 36.5 Å². The molecule has 9 nitrogen and oxygen atoms in total. The number of nitrogens with zero attached hydrogens (tertiary/aromatic N) is 5. The fraction of sp³-hybridized carbons (Fsp3) is 0.528. The molecule has 4 saturated heterocycles. The third-order valence-corrected chi connectivity index (χ3v) is 11.8. The normalized spacial score (nSPS) is 28.0. The van der Waals surface area contributed by atoms with E-state index in [-0.39, 0.29) is 46.3 Å². The molecule has 5 atom stereocenters. The van der Waals surface area contributed by atoms with Gasteiger partial charge in [0.15, 0.2) is 12.4 Å². The van der Waals surface area contributed by atoms with E-state index in [1.807, 2.05) is 0 Å².